The number of nitriles is 1. The van der Waals surface area contributed by atoms with E-state index in [0.717, 1.165) is 5.56 Å². The summed E-state index contributed by atoms with van der Waals surface area (Å²) < 4.78 is 13.5. The SMILES string of the molecule is Cc1ccc(C(Cl)=C(C#N)c2ccccc2)cc1F. The highest BCUT2D eigenvalue weighted by Crippen LogP contribution is 2.29. The predicted molar refractivity (Wildman–Crippen MR) is 75.9 cm³/mol. The molecule has 2 rings (SSSR count). The number of hydrogen-bond acceptors (Lipinski definition) is 1. The van der Waals surface area contributed by atoms with E-state index in [1.165, 1.54) is 6.07 Å². The number of rotatable bonds is 2. The number of halogens is 2. The van der Waals surface area contributed by atoms with E-state index in [-0.39, 0.29) is 10.8 Å². The Morgan fingerprint density at radius 3 is 2.37 bits per heavy atom. The fraction of sp³-hybridized carbons (Fsp3) is 0.0625. The van der Waals surface area contributed by atoms with E-state index in [4.69, 9.17) is 11.6 Å². The first-order valence-corrected chi connectivity index (χ1v) is 6.13. The summed E-state index contributed by atoms with van der Waals surface area (Å²) in [6, 6.07) is 15.9. The summed E-state index contributed by atoms with van der Waals surface area (Å²) in [5, 5.41) is 9.51. The summed E-state index contributed by atoms with van der Waals surface area (Å²) in [7, 11) is 0. The second kappa shape index (κ2) is 5.69. The van der Waals surface area contributed by atoms with Gasteiger partial charge in [0.05, 0.1) is 10.6 Å². The fourth-order valence-electron chi connectivity index (χ4n) is 1.72. The van der Waals surface area contributed by atoms with Gasteiger partial charge in [0, 0.05) is 0 Å². The largest absolute Gasteiger partial charge is 0.207 e. The van der Waals surface area contributed by atoms with Gasteiger partial charge in [0.25, 0.3) is 0 Å². The first kappa shape index (κ1) is 13.3. The van der Waals surface area contributed by atoms with Crippen LogP contribution in [-0.2, 0) is 0 Å². The molecule has 0 heterocycles. The summed E-state index contributed by atoms with van der Waals surface area (Å²) in [6.45, 7) is 1.68. The van der Waals surface area contributed by atoms with E-state index in [1.54, 1.807) is 31.2 Å². The summed E-state index contributed by atoms with van der Waals surface area (Å²) in [5.41, 5.74) is 2.11. The standard InChI is InChI=1S/C16H11ClFN/c1-11-7-8-13(9-15(11)18)16(17)14(10-19)12-5-3-2-4-6-12/h2-9H,1H3. The van der Waals surface area contributed by atoms with E-state index in [1.807, 2.05) is 18.2 Å². The lowest BCUT2D eigenvalue weighted by atomic mass is 10.0. The normalized spacial score (nSPS) is 11.7. The second-order valence-corrected chi connectivity index (χ2v) is 4.51. The maximum atomic E-state index is 13.5. The van der Waals surface area contributed by atoms with Gasteiger partial charge in [-0.1, -0.05) is 54.1 Å². The number of hydrogen-bond donors (Lipinski definition) is 0. The molecule has 94 valence electrons. The van der Waals surface area contributed by atoms with Gasteiger partial charge < -0.3 is 0 Å². The van der Waals surface area contributed by atoms with Crippen molar-refractivity contribution in [1.82, 2.24) is 0 Å². The quantitative estimate of drug-likeness (QED) is 0.570. The van der Waals surface area contributed by atoms with Crippen LogP contribution in [0.1, 0.15) is 16.7 Å². The average Bonchev–Trinajstić information content (AvgIpc) is 2.44. The van der Waals surface area contributed by atoms with E-state index in [0.29, 0.717) is 16.7 Å². The van der Waals surface area contributed by atoms with Crippen molar-refractivity contribution in [2.45, 2.75) is 6.92 Å². The summed E-state index contributed by atoms with van der Waals surface area (Å²) in [4.78, 5) is 0. The van der Waals surface area contributed by atoms with Gasteiger partial charge in [-0.15, -0.1) is 0 Å². The Bertz CT molecular complexity index is 669. The van der Waals surface area contributed by atoms with Crippen LogP contribution in [-0.4, -0.2) is 0 Å². The highest BCUT2D eigenvalue weighted by Gasteiger charge is 2.10. The average molecular weight is 272 g/mol. The smallest absolute Gasteiger partial charge is 0.126 e. The lowest BCUT2D eigenvalue weighted by molar-refractivity contribution is 0.618. The van der Waals surface area contributed by atoms with Gasteiger partial charge in [-0.05, 0) is 29.7 Å². The molecule has 1 nitrogen and oxygen atoms in total. The molecule has 3 heteroatoms. The number of benzene rings is 2. The first-order valence-electron chi connectivity index (χ1n) is 5.75. The molecular formula is C16H11ClFN. The van der Waals surface area contributed by atoms with Crippen molar-refractivity contribution >= 4 is 22.2 Å². The summed E-state index contributed by atoms with van der Waals surface area (Å²) in [6.07, 6.45) is 0. The summed E-state index contributed by atoms with van der Waals surface area (Å²) >= 11 is 6.22. The number of aryl methyl sites for hydroxylation is 1. The zero-order valence-corrected chi connectivity index (χ0v) is 11.1. The monoisotopic (exact) mass is 271 g/mol. The van der Waals surface area contributed by atoms with Crippen molar-refractivity contribution in [2.24, 2.45) is 0 Å². The molecule has 0 aliphatic rings. The van der Waals surface area contributed by atoms with E-state index in [9.17, 15) is 9.65 Å². The minimum atomic E-state index is -0.332. The molecule has 0 bridgehead atoms. The molecule has 0 unspecified atom stereocenters. The molecule has 19 heavy (non-hydrogen) atoms. The third-order valence-corrected chi connectivity index (χ3v) is 3.23. The molecule has 0 spiro atoms. The maximum absolute atomic E-state index is 13.5. The zero-order valence-electron chi connectivity index (χ0n) is 10.3. The Morgan fingerprint density at radius 1 is 1.11 bits per heavy atom. The van der Waals surface area contributed by atoms with Crippen molar-refractivity contribution in [3.63, 3.8) is 0 Å². The molecule has 0 saturated carbocycles. The Balaban J connectivity index is 2.56. The summed E-state index contributed by atoms with van der Waals surface area (Å²) in [5.74, 6) is -0.332. The van der Waals surface area contributed by atoms with Crippen LogP contribution in [0.2, 0.25) is 0 Å². The van der Waals surface area contributed by atoms with E-state index < -0.39 is 0 Å². The Labute approximate surface area is 116 Å². The van der Waals surface area contributed by atoms with Crippen LogP contribution in [0.3, 0.4) is 0 Å². The van der Waals surface area contributed by atoms with Crippen molar-refractivity contribution in [2.75, 3.05) is 0 Å². The van der Waals surface area contributed by atoms with Gasteiger partial charge in [-0.2, -0.15) is 5.26 Å². The maximum Gasteiger partial charge on any atom is 0.126 e. The van der Waals surface area contributed by atoms with Crippen LogP contribution in [0, 0.1) is 24.1 Å². The topological polar surface area (TPSA) is 23.8 Å². The van der Waals surface area contributed by atoms with Crippen LogP contribution in [0.4, 0.5) is 4.39 Å². The molecule has 0 fully saturated rings. The van der Waals surface area contributed by atoms with Gasteiger partial charge >= 0.3 is 0 Å². The molecule has 0 aromatic heterocycles. The zero-order chi connectivity index (χ0) is 13.8. The Morgan fingerprint density at radius 2 is 1.79 bits per heavy atom. The van der Waals surface area contributed by atoms with Crippen LogP contribution in [0.15, 0.2) is 48.5 Å². The van der Waals surface area contributed by atoms with Crippen molar-refractivity contribution in [3.8, 4) is 6.07 Å². The molecule has 0 atom stereocenters. The lowest BCUT2D eigenvalue weighted by Gasteiger charge is -2.05. The van der Waals surface area contributed by atoms with Crippen molar-refractivity contribution in [3.05, 3.63) is 71.0 Å². The van der Waals surface area contributed by atoms with Crippen molar-refractivity contribution < 1.29 is 4.39 Å². The van der Waals surface area contributed by atoms with Gasteiger partial charge in [0.1, 0.15) is 11.9 Å². The lowest BCUT2D eigenvalue weighted by Crippen LogP contribution is -1.89. The number of nitrogens with zero attached hydrogens (tertiary/aromatic N) is 1. The van der Waals surface area contributed by atoms with Gasteiger partial charge in [-0.3, -0.25) is 0 Å². The molecule has 0 saturated heterocycles. The van der Waals surface area contributed by atoms with Gasteiger partial charge in [-0.25, -0.2) is 4.39 Å². The third-order valence-electron chi connectivity index (χ3n) is 2.82. The van der Waals surface area contributed by atoms with E-state index in [2.05, 4.69) is 6.07 Å². The van der Waals surface area contributed by atoms with Gasteiger partial charge in [0.15, 0.2) is 0 Å². The molecule has 0 amide bonds. The molecule has 0 aliphatic heterocycles. The molecule has 0 aliphatic carbocycles. The molecule has 2 aromatic rings. The fourth-order valence-corrected chi connectivity index (χ4v) is 1.99. The van der Waals surface area contributed by atoms with Crippen LogP contribution < -0.4 is 0 Å². The molecule has 2 aromatic carbocycles. The van der Waals surface area contributed by atoms with Crippen LogP contribution in [0.25, 0.3) is 10.6 Å². The molecular weight excluding hydrogens is 261 g/mol. The molecule has 0 N–H and O–H groups in total. The van der Waals surface area contributed by atoms with Crippen LogP contribution >= 0.6 is 11.6 Å². The predicted octanol–water partition coefficient (Wildman–Crippen LogP) is 4.76. The highest BCUT2D eigenvalue weighted by atomic mass is 35.5. The van der Waals surface area contributed by atoms with Crippen LogP contribution in [0.5, 0.6) is 0 Å². The Hall–Kier alpha value is -2.11. The molecule has 0 radical (unpaired) electrons. The first-order chi connectivity index (χ1) is 9.13. The van der Waals surface area contributed by atoms with Crippen molar-refractivity contribution in [1.29, 1.82) is 5.26 Å². The van der Waals surface area contributed by atoms with Gasteiger partial charge in [0.2, 0.25) is 0 Å². The Kier molecular flexibility index (Phi) is 3.99. The minimum Gasteiger partial charge on any atom is -0.207 e. The third kappa shape index (κ3) is 2.83. The highest BCUT2D eigenvalue weighted by molar-refractivity contribution is 6.53. The second-order valence-electron chi connectivity index (χ2n) is 4.13. The van der Waals surface area contributed by atoms with E-state index >= 15 is 0 Å². The minimum absolute atomic E-state index is 0.257. The number of allylic oxidation sites excluding steroid dienone is 1.